The Balaban J connectivity index is 1.17. The van der Waals surface area contributed by atoms with Gasteiger partial charge in [0.05, 0.1) is 39.7 Å². The van der Waals surface area contributed by atoms with Gasteiger partial charge in [-0.1, -0.05) is 115 Å². The summed E-state index contributed by atoms with van der Waals surface area (Å²) in [5.41, 5.74) is 10.6. The molecule has 0 amide bonds. The molecule has 52 heavy (non-hydrogen) atoms. The number of nitriles is 1. The number of nitrogens with zero attached hydrogens (tertiary/aromatic N) is 4. The Labute approximate surface area is 304 Å². The molecule has 7 aromatic carbocycles. The fourth-order valence-corrected chi connectivity index (χ4v) is 8.53. The molecule has 0 bridgehead atoms. The maximum absolute atomic E-state index is 10.5. The molecule has 0 N–H and O–H groups in total. The van der Waals surface area contributed by atoms with Gasteiger partial charge in [0.15, 0.2) is 5.82 Å². The van der Waals surface area contributed by atoms with Crippen LogP contribution in [0.3, 0.4) is 0 Å². The second kappa shape index (κ2) is 12.2. The van der Waals surface area contributed by atoms with Crippen molar-refractivity contribution < 1.29 is 0 Å². The molecule has 10 rings (SSSR count). The van der Waals surface area contributed by atoms with Crippen molar-refractivity contribution in [1.29, 1.82) is 5.26 Å². The largest absolute Gasteiger partial charge is 0.309 e. The molecule has 3 aromatic heterocycles. The van der Waals surface area contributed by atoms with E-state index in [4.69, 9.17) is 9.97 Å². The zero-order chi connectivity index (χ0) is 34.6. The second-order valence-electron chi connectivity index (χ2n) is 12.9. The molecule has 0 unspecified atom stereocenters. The summed E-state index contributed by atoms with van der Waals surface area (Å²) in [5, 5.41) is 15.2. The van der Waals surface area contributed by atoms with Gasteiger partial charge in [0.2, 0.25) is 0 Å². The van der Waals surface area contributed by atoms with Crippen LogP contribution in [0.15, 0.2) is 170 Å². The lowest BCUT2D eigenvalue weighted by Gasteiger charge is -2.15. The first kappa shape index (κ1) is 30.0. The Bertz CT molecular complexity index is 2910. The molecule has 4 nitrogen and oxygen atoms in total. The van der Waals surface area contributed by atoms with Crippen LogP contribution in [0.2, 0.25) is 0 Å². The number of thiophene rings is 1. The summed E-state index contributed by atoms with van der Waals surface area (Å²) in [6.45, 7) is 0. The van der Waals surface area contributed by atoms with Crippen molar-refractivity contribution in [3.8, 4) is 56.8 Å². The highest BCUT2D eigenvalue weighted by atomic mass is 32.1. The normalized spacial score (nSPS) is 11.4. The summed E-state index contributed by atoms with van der Waals surface area (Å²) < 4.78 is 4.70. The molecule has 242 valence electrons. The number of hydrogen-bond donors (Lipinski definition) is 0. The molecule has 0 spiro atoms. The predicted molar refractivity (Wildman–Crippen MR) is 216 cm³/mol. The molecule has 0 atom stereocenters. The van der Waals surface area contributed by atoms with E-state index < -0.39 is 0 Å². The number of aromatic nitrogens is 3. The van der Waals surface area contributed by atoms with Crippen LogP contribution in [0.4, 0.5) is 0 Å². The van der Waals surface area contributed by atoms with Crippen molar-refractivity contribution >= 4 is 53.3 Å². The third kappa shape index (κ3) is 4.89. The fourth-order valence-electron chi connectivity index (χ4n) is 7.47. The first-order valence-electron chi connectivity index (χ1n) is 17.2. The summed E-state index contributed by atoms with van der Waals surface area (Å²) in [5.74, 6) is 0.695. The van der Waals surface area contributed by atoms with E-state index in [1.807, 2.05) is 48.5 Å². The van der Waals surface area contributed by atoms with E-state index in [9.17, 15) is 5.26 Å². The minimum absolute atomic E-state index is 0.641. The summed E-state index contributed by atoms with van der Waals surface area (Å²) >= 11 is 1.78. The van der Waals surface area contributed by atoms with Gasteiger partial charge >= 0.3 is 0 Å². The van der Waals surface area contributed by atoms with Crippen LogP contribution >= 0.6 is 11.3 Å². The van der Waals surface area contributed by atoms with Crippen molar-refractivity contribution in [3.05, 3.63) is 175 Å². The van der Waals surface area contributed by atoms with Crippen LogP contribution in [0.1, 0.15) is 5.56 Å². The van der Waals surface area contributed by atoms with Gasteiger partial charge in [0.25, 0.3) is 0 Å². The number of fused-ring (bicyclic) bond motifs is 6. The van der Waals surface area contributed by atoms with E-state index in [2.05, 4.69) is 132 Å². The average molecular weight is 681 g/mol. The number of benzene rings is 7. The smallest absolute Gasteiger partial charge is 0.160 e. The third-order valence-corrected chi connectivity index (χ3v) is 11.0. The molecule has 0 aliphatic carbocycles. The van der Waals surface area contributed by atoms with Crippen molar-refractivity contribution in [2.24, 2.45) is 0 Å². The van der Waals surface area contributed by atoms with E-state index in [-0.39, 0.29) is 0 Å². The molecule has 0 saturated heterocycles. The fraction of sp³-hybridized carbons (Fsp3) is 0. The Hall–Kier alpha value is -6.87. The van der Waals surface area contributed by atoms with Gasteiger partial charge in [-0.2, -0.15) is 5.26 Å². The van der Waals surface area contributed by atoms with Gasteiger partial charge in [-0.15, -0.1) is 11.3 Å². The van der Waals surface area contributed by atoms with E-state index in [0.717, 1.165) is 66.7 Å². The third-order valence-electron chi connectivity index (χ3n) is 9.87. The Kier molecular flexibility index (Phi) is 7.02. The first-order chi connectivity index (χ1) is 25.7. The van der Waals surface area contributed by atoms with Gasteiger partial charge in [-0.3, -0.25) is 0 Å². The monoisotopic (exact) mass is 680 g/mol. The summed E-state index contributed by atoms with van der Waals surface area (Å²) in [4.78, 5) is 10.1. The van der Waals surface area contributed by atoms with Crippen LogP contribution in [-0.4, -0.2) is 14.5 Å². The lowest BCUT2D eigenvalue weighted by Crippen LogP contribution is -1.99. The Morgan fingerprint density at radius 3 is 1.67 bits per heavy atom. The highest BCUT2D eigenvalue weighted by Gasteiger charge is 2.19. The van der Waals surface area contributed by atoms with Gasteiger partial charge in [-0.25, -0.2) is 9.97 Å². The average Bonchev–Trinajstić information content (AvgIpc) is 3.76. The van der Waals surface area contributed by atoms with Crippen LogP contribution in [0, 0.1) is 11.3 Å². The lowest BCUT2D eigenvalue weighted by atomic mass is 9.96. The quantitative estimate of drug-likeness (QED) is 0.182. The zero-order valence-electron chi connectivity index (χ0n) is 27.9. The molecule has 5 heteroatoms. The van der Waals surface area contributed by atoms with Crippen LogP contribution in [0.25, 0.3) is 92.7 Å². The van der Waals surface area contributed by atoms with Gasteiger partial charge in [-0.05, 0) is 60.2 Å². The predicted octanol–water partition coefficient (Wildman–Crippen LogP) is 12.5. The Morgan fingerprint density at radius 2 is 1.02 bits per heavy atom. The van der Waals surface area contributed by atoms with Gasteiger partial charge in [0.1, 0.15) is 0 Å². The maximum Gasteiger partial charge on any atom is 0.160 e. The molecule has 0 saturated carbocycles. The highest BCUT2D eigenvalue weighted by Crippen LogP contribution is 2.42. The molecule has 0 fully saturated rings. The van der Waals surface area contributed by atoms with E-state index in [1.165, 1.54) is 20.2 Å². The summed E-state index contributed by atoms with van der Waals surface area (Å²) in [6, 6.07) is 61.3. The molecular weight excluding hydrogens is 653 g/mol. The van der Waals surface area contributed by atoms with Crippen molar-refractivity contribution in [2.45, 2.75) is 0 Å². The number of rotatable bonds is 5. The minimum atomic E-state index is 0.641. The topological polar surface area (TPSA) is 54.5 Å². The molecule has 0 aliphatic rings. The maximum atomic E-state index is 10.5. The van der Waals surface area contributed by atoms with E-state index in [1.54, 1.807) is 11.3 Å². The minimum Gasteiger partial charge on any atom is -0.309 e. The second-order valence-corrected chi connectivity index (χ2v) is 14.0. The lowest BCUT2D eigenvalue weighted by molar-refractivity contribution is 1.18. The van der Waals surface area contributed by atoms with Crippen LogP contribution in [-0.2, 0) is 0 Å². The standard InChI is InChI=1S/C47H28N4S/c48-29-34-16-11-21-43(51-41-19-9-7-17-35(41)36-18-8-10-20-42(36)51)46(34)33-23-25-45-38(27-33)37-26-32(22-24-44(37)52-45)40-28-39(30-12-3-1-4-13-30)49-47(50-40)31-14-5-2-6-15-31/h1-28H. The van der Waals surface area contributed by atoms with Crippen LogP contribution < -0.4 is 0 Å². The van der Waals surface area contributed by atoms with Crippen molar-refractivity contribution in [3.63, 3.8) is 0 Å². The zero-order valence-corrected chi connectivity index (χ0v) is 28.7. The number of hydrogen-bond acceptors (Lipinski definition) is 4. The molecule has 3 heterocycles. The van der Waals surface area contributed by atoms with Gasteiger partial charge < -0.3 is 4.57 Å². The van der Waals surface area contributed by atoms with Gasteiger partial charge in [0, 0.05) is 53.2 Å². The molecule has 10 aromatic rings. The van der Waals surface area contributed by atoms with Crippen LogP contribution in [0.5, 0.6) is 0 Å². The summed E-state index contributed by atoms with van der Waals surface area (Å²) in [7, 11) is 0. The van der Waals surface area contributed by atoms with E-state index in [0.29, 0.717) is 11.4 Å². The van der Waals surface area contributed by atoms with Crippen molar-refractivity contribution in [1.82, 2.24) is 14.5 Å². The SMILES string of the molecule is N#Cc1cccc(-n2c3ccccc3c3ccccc32)c1-c1ccc2sc3ccc(-c4cc(-c5ccccc5)nc(-c5ccccc5)n4)cc3c2c1. The highest BCUT2D eigenvalue weighted by molar-refractivity contribution is 7.25. The Morgan fingerprint density at radius 1 is 0.462 bits per heavy atom. The van der Waals surface area contributed by atoms with E-state index >= 15 is 0 Å². The first-order valence-corrected chi connectivity index (χ1v) is 18.0. The number of para-hydroxylation sites is 2. The molecular formula is C47H28N4S. The molecule has 0 aliphatic heterocycles. The van der Waals surface area contributed by atoms with Crippen molar-refractivity contribution in [2.75, 3.05) is 0 Å². The molecule has 0 radical (unpaired) electrons. The summed E-state index contributed by atoms with van der Waals surface area (Å²) in [6.07, 6.45) is 0.